The normalized spacial score (nSPS) is 24.6. The lowest BCUT2D eigenvalue weighted by Crippen LogP contribution is -2.44. The Bertz CT molecular complexity index is 227. The van der Waals surface area contributed by atoms with Crippen molar-refractivity contribution in [3.8, 4) is 0 Å². The summed E-state index contributed by atoms with van der Waals surface area (Å²) in [5, 5.41) is 3.23. The van der Waals surface area contributed by atoms with Crippen LogP contribution in [0.5, 0.6) is 0 Å². The predicted octanol–water partition coefficient (Wildman–Crippen LogP) is 0.582. The van der Waals surface area contributed by atoms with Gasteiger partial charge in [-0.1, -0.05) is 0 Å². The first-order chi connectivity index (χ1) is 8.19. The molecule has 1 N–H and O–H groups in total. The maximum Gasteiger partial charge on any atom is 0.313 e. The molecule has 0 saturated carbocycles. The van der Waals surface area contributed by atoms with Crippen LogP contribution in [0.3, 0.4) is 0 Å². The van der Waals surface area contributed by atoms with Crippen molar-refractivity contribution in [2.45, 2.75) is 19.8 Å². The Morgan fingerprint density at radius 2 is 2.06 bits per heavy atom. The quantitative estimate of drug-likeness (QED) is 0.525. The lowest BCUT2D eigenvalue weighted by Gasteiger charge is -2.31. The highest BCUT2D eigenvalue weighted by atomic mass is 16.6. The fraction of sp³-hybridized carbons (Fsp3) is 0.917. The van der Waals surface area contributed by atoms with Crippen LogP contribution >= 0.6 is 0 Å². The summed E-state index contributed by atoms with van der Waals surface area (Å²) in [5.41, 5.74) is -0.370. The summed E-state index contributed by atoms with van der Waals surface area (Å²) in [5.74, 6) is -0.125. The van der Waals surface area contributed by atoms with E-state index in [4.69, 9.17) is 14.2 Å². The van der Waals surface area contributed by atoms with Crippen LogP contribution in [0.4, 0.5) is 0 Å². The molecule has 1 aliphatic heterocycles. The molecule has 1 fully saturated rings. The highest BCUT2D eigenvalue weighted by molar-refractivity contribution is 5.76. The van der Waals surface area contributed by atoms with Gasteiger partial charge in [-0.05, 0) is 26.3 Å². The molecule has 1 heterocycles. The monoisotopic (exact) mass is 245 g/mol. The number of carbonyl (C=O) groups is 1. The molecule has 1 unspecified atom stereocenters. The zero-order valence-corrected chi connectivity index (χ0v) is 10.8. The first-order valence-corrected chi connectivity index (χ1v) is 6.14. The van der Waals surface area contributed by atoms with E-state index in [0.717, 1.165) is 19.4 Å². The molecule has 0 aromatic carbocycles. The van der Waals surface area contributed by atoms with Crippen molar-refractivity contribution in [2.75, 3.05) is 46.6 Å². The van der Waals surface area contributed by atoms with Crippen LogP contribution in [0.2, 0.25) is 0 Å². The molecule has 0 radical (unpaired) electrons. The molecule has 0 bridgehead atoms. The van der Waals surface area contributed by atoms with Gasteiger partial charge in [0.25, 0.3) is 0 Å². The first kappa shape index (κ1) is 14.4. The van der Waals surface area contributed by atoms with E-state index >= 15 is 0 Å². The molecule has 1 rings (SSSR count). The van der Waals surface area contributed by atoms with Crippen molar-refractivity contribution in [3.63, 3.8) is 0 Å². The van der Waals surface area contributed by atoms with Crippen molar-refractivity contribution in [1.82, 2.24) is 5.32 Å². The number of rotatable bonds is 7. The van der Waals surface area contributed by atoms with E-state index in [1.165, 1.54) is 0 Å². The van der Waals surface area contributed by atoms with Gasteiger partial charge in [-0.3, -0.25) is 4.79 Å². The summed E-state index contributed by atoms with van der Waals surface area (Å²) in [7, 11) is 1.63. The minimum Gasteiger partial charge on any atom is -0.463 e. The largest absolute Gasteiger partial charge is 0.463 e. The maximum atomic E-state index is 11.9. The summed E-state index contributed by atoms with van der Waals surface area (Å²) in [6.45, 7) is 5.49. The summed E-state index contributed by atoms with van der Waals surface area (Å²) >= 11 is 0. The van der Waals surface area contributed by atoms with Gasteiger partial charge in [-0.2, -0.15) is 0 Å². The van der Waals surface area contributed by atoms with Crippen molar-refractivity contribution in [3.05, 3.63) is 0 Å². The van der Waals surface area contributed by atoms with E-state index < -0.39 is 0 Å². The summed E-state index contributed by atoms with van der Waals surface area (Å²) in [4.78, 5) is 11.9. The molecule has 5 heteroatoms. The second-order valence-electron chi connectivity index (χ2n) is 4.58. The summed E-state index contributed by atoms with van der Waals surface area (Å²) in [6, 6.07) is 0. The zero-order chi connectivity index (χ0) is 12.6. The number of nitrogens with one attached hydrogen (secondary N) is 1. The number of hydrogen-bond donors (Lipinski definition) is 1. The van der Waals surface area contributed by atoms with Gasteiger partial charge in [0.05, 0.1) is 25.2 Å². The van der Waals surface area contributed by atoms with Gasteiger partial charge in [0.1, 0.15) is 6.61 Å². The van der Waals surface area contributed by atoms with Crippen LogP contribution in [0.25, 0.3) is 0 Å². The summed E-state index contributed by atoms with van der Waals surface area (Å²) < 4.78 is 15.3. The Morgan fingerprint density at radius 3 is 2.71 bits per heavy atom. The number of hydrogen-bond acceptors (Lipinski definition) is 5. The molecule has 17 heavy (non-hydrogen) atoms. The van der Waals surface area contributed by atoms with Gasteiger partial charge < -0.3 is 19.5 Å². The van der Waals surface area contributed by atoms with Gasteiger partial charge in [0.2, 0.25) is 0 Å². The number of piperidine rings is 1. The fourth-order valence-electron chi connectivity index (χ4n) is 1.84. The summed E-state index contributed by atoms with van der Waals surface area (Å²) in [6.07, 6.45) is 1.92. The molecule has 1 aliphatic rings. The molecule has 0 amide bonds. The molecule has 0 aromatic heterocycles. The Labute approximate surface area is 103 Å². The maximum absolute atomic E-state index is 11.9. The molecule has 0 aromatic rings. The molecule has 100 valence electrons. The van der Waals surface area contributed by atoms with Crippen molar-refractivity contribution >= 4 is 5.97 Å². The van der Waals surface area contributed by atoms with E-state index in [1.54, 1.807) is 7.11 Å². The third-order valence-electron chi connectivity index (χ3n) is 2.98. The van der Waals surface area contributed by atoms with E-state index in [1.807, 2.05) is 6.92 Å². The lowest BCUT2D eigenvalue weighted by atomic mass is 9.83. The van der Waals surface area contributed by atoms with E-state index in [9.17, 15) is 4.79 Å². The van der Waals surface area contributed by atoms with E-state index in [-0.39, 0.29) is 11.4 Å². The molecule has 0 spiro atoms. The smallest absolute Gasteiger partial charge is 0.313 e. The Morgan fingerprint density at radius 1 is 1.29 bits per heavy atom. The molecule has 0 aliphatic carbocycles. The fourth-order valence-corrected chi connectivity index (χ4v) is 1.84. The number of methoxy groups -OCH3 is 1. The minimum atomic E-state index is -0.370. The van der Waals surface area contributed by atoms with Crippen LogP contribution < -0.4 is 5.32 Å². The van der Waals surface area contributed by atoms with E-state index in [2.05, 4.69) is 5.32 Å². The molecule has 1 saturated heterocycles. The predicted molar refractivity (Wildman–Crippen MR) is 63.9 cm³/mol. The zero-order valence-electron chi connectivity index (χ0n) is 10.8. The van der Waals surface area contributed by atoms with Crippen LogP contribution in [-0.2, 0) is 19.0 Å². The molecule has 1 atom stereocenters. The van der Waals surface area contributed by atoms with Gasteiger partial charge >= 0.3 is 5.97 Å². The molecule has 5 nitrogen and oxygen atoms in total. The average molecular weight is 245 g/mol. The van der Waals surface area contributed by atoms with Crippen molar-refractivity contribution < 1.29 is 19.0 Å². The van der Waals surface area contributed by atoms with Crippen LogP contribution in [0, 0.1) is 5.41 Å². The van der Waals surface area contributed by atoms with Crippen LogP contribution in [0.1, 0.15) is 19.8 Å². The van der Waals surface area contributed by atoms with Gasteiger partial charge in [0, 0.05) is 13.7 Å². The highest BCUT2D eigenvalue weighted by Crippen LogP contribution is 2.26. The van der Waals surface area contributed by atoms with Crippen molar-refractivity contribution in [2.24, 2.45) is 5.41 Å². The average Bonchev–Trinajstić information content (AvgIpc) is 2.34. The van der Waals surface area contributed by atoms with E-state index in [0.29, 0.717) is 33.0 Å². The first-order valence-electron chi connectivity index (χ1n) is 6.14. The number of esters is 1. The Kier molecular flexibility index (Phi) is 6.47. The van der Waals surface area contributed by atoms with Gasteiger partial charge in [-0.15, -0.1) is 0 Å². The lowest BCUT2D eigenvalue weighted by molar-refractivity contribution is -0.157. The highest BCUT2D eigenvalue weighted by Gasteiger charge is 2.35. The Balaban J connectivity index is 2.11. The van der Waals surface area contributed by atoms with Crippen LogP contribution in [0.15, 0.2) is 0 Å². The minimum absolute atomic E-state index is 0.125. The second-order valence-corrected chi connectivity index (χ2v) is 4.58. The van der Waals surface area contributed by atoms with Crippen LogP contribution in [-0.4, -0.2) is 52.6 Å². The second kappa shape index (κ2) is 7.63. The SMILES string of the molecule is COCCOCCOC(=O)C1(C)CCCNC1. The molecular weight excluding hydrogens is 222 g/mol. The number of carbonyl (C=O) groups excluding carboxylic acids is 1. The number of ether oxygens (including phenoxy) is 3. The third kappa shape index (κ3) is 5.02. The standard InChI is InChI=1S/C12H23NO4/c1-12(4-3-5-13-10-12)11(14)17-9-8-16-7-6-15-2/h13H,3-10H2,1-2H3. The van der Waals surface area contributed by atoms with Crippen molar-refractivity contribution in [1.29, 1.82) is 0 Å². The third-order valence-corrected chi connectivity index (χ3v) is 2.98. The molecular formula is C12H23NO4. The van der Waals surface area contributed by atoms with Gasteiger partial charge in [-0.25, -0.2) is 0 Å². The van der Waals surface area contributed by atoms with Gasteiger partial charge in [0.15, 0.2) is 0 Å². The Hall–Kier alpha value is -0.650. The topological polar surface area (TPSA) is 56.8 Å².